The van der Waals surface area contributed by atoms with Gasteiger partial charge in [0.25, 0.3) is 0 Å². The van der Waals surface area contributed by atoms with E-state index in [0.29, 0.717) is 10.1 Å². The first kappa shape index (κ1) is 15.4. The van der Waals surface area contributed by atoms with E-state index in [-0.39, 0.29) is 5.15 Å². The summed E-state index contributed by atoms with van der Waals surface area (Å²) in [5.74, 6) is -0.438. The summed E-state index contributed by atoms with van der Waals surface area (Å²) in [5.41, 5.74) is 1.24. The predicted octanol–water partition coefficient (Wildman–Crippen LogP) is 4.83. The van der Waals surface area contributed by atoms with Gasteiger partial charge in [-0.15, -0.1) is 0 Å². The molecule has 0 saturated heterocycles. The van der Waals surface area contributed by atoms with Crippen molar-refractivity contribution in [2.45, 2.75) is 22.9 Å². The summed E-state index contributed by atoms with van der Waals surface area (Å²) in [5, 5.41) is 0.510. The highest BCUT2D eigenvalue weighted by atomic mass is 35.5. The summed E-state index contributed by atoms with van der Waals surface area (Å²) in [4.78, 5) is 16.1. The smallest absolute Gasteiger partial charge is 0.351 e. The number of thioether (sulfide) groups is 1. The molecule has 2 rings (SSSR count). The average Bonchev–Trinajstić information content (AvgIpc) is 2.85. The molecule has 1 aromatic heterocycles. The highest BCUT2D eigenvalue weighted by Gasteiger charge is 2.20. The molecule has 6 heteroatoms. The largest absolute Gasteiger partial charge is 0.465 e. The Morgan fingerprint density at radius 1 is 1.45 bits per heavy atom. The number of hydrogen-bond donors (Lipinski definition) is 0. The maximum Gasteiger partial charge on any atom is 0.351 e. The number of nitrogens with zero attached hydrogens (tertiary/aromatic N) is 1. The van der Waals surface area contributed by atoms with E-state index in [0.717, 1.165) is 10.8 Å². The molecule has 0 aliphatic rings. The minimum Gasteiger partial charge on any atom is -0.465 e. The fraction of sp³-hybridized carbons (Fsp3) is 0.286. The van der Waals surface area contributed by atoms with Gasteiger partial charge >= 0.3 is 5.97 Å². The van der Waals surface area contributed by atoms with Crippen LogP contribution in [0.5, 0.6) is 0 Å². The molecule has 0 aliphatic carbocycles. The molecular formula is C14H14ClNO2S2. The molecule has 1 unspecified atom stereocenters. The number of benzene rings is 1. The molecule has 1 atom stereocenters. The van der Waals surface area contributed by atoms with Crippen LogP contribution in [0.1, 0.15) is 33.8 Å². The fourth-order valence-corrected chi connectivity index (χ4v) is 4.35. The Morgan fingerprint density at radius 2 is 2.15 bits per heavy atom. The maximum absolute atomic E-state index is 11.5. The van der Waals surface area contributed by atoms with E-state index < -0.39 is 5.97 Å². The Bertz CT molecular complexity index is 586. The van der Waals surface area contributed by atoms with Gasteiger partial charge in [-0.2, -0.15) is 0 Å². The van der Waals surface area contributed by atoms with Crippen LogP contribution in [0.15, 0.2) is 34.7 Å². The number of aromatic nitrogens is 1. The van der Waals surface area contributed by atoms with Crippen LogP contribution in [0, 0.1) is 0 Å². The monoisotopic (exact) mass is 327 g/mol. The lowest BCUT2D eigenvalue weighted by atomic mass is 10.1. The van der Waals surface area contributed by atoms with Crippen molar-refractivity contribution in [2.75, 3.05) is 7.11 Å². The van der Waals surface area contributed by atoms with Crippen LogP contribution < -0.4 is 0 Å². The third kappa shape index (κ3) is 3.53. The first-order chi connectivity index (χ1) is 9.65. The zero-order valence-electron chi connectivity index (χ0n) is 11.1. The molecule has 0 radical (unpaired) electrons. The van der Waals surface area contributed by atoms with Crippen LogP contribution in [0.4, 0.5) is 0 Å². The third-order valence-corrected chi connectivity index (χ3v) is 5.66. The molecular weight excluding hydrogens is 314 g/mol. The van der Waals surface area contributed by atoms with Gasteiger partial charge in [-0.3, -0.25) is 0 Å². The topological polar surface area (TPSA) is 39.2 Å². The quantitative estimate of drug-likeness (QED) is 0.582. The number of hydrogen-bond acceptors (Lipinski definition) is 5. The maximum atomic E-state index is 11.5. The molecule has 0 spiro atoms. The summed E-state index contributed by atoms with van der Waals surface area (Å²) < 4.78 is 5.47. The Balaban J connectivity index is 2.18. The van der Waals surface area contributed by atoms with Gasteiger partial charge in [0.1, 0.15) is 0 Å². The molecule has 0 aliphatic heterocycles. The summed E-state index contributed by atoms with van der Waals surface area (Å²) >= 11 is 8.87. The molecule has 0 N–H and O–H groups in total. The highest BCUT2D eigenvalue weighted by molar-refractivity contribution is 8.01. The molecule has 0 saturated carbocycles. The summed E-state index contributed by atoms with van der Waals surface area (Å²) in [7, 11) is 1.34. The van der Waals surface area contributed by atoms with Crippen molar-refractivity contribution in [3.63, 3.8) is 0 Å². The first-order valence-corrected chi connectivity index (χ1v) is 8.19. The number of carbonyl (C=O) groups is 1. The average molecular weight is 328 g/mol. The number of carbonyl (C=O) groups excluding carboxylic acids is 1. The second kappa shape index (κ2) is 7.11. The van der Waals surface area contributed by atoms with Crippen molar-refractivity contribution in [2.24, 2.45) is 0 Å². The van der Waals surface area contributed by atoms with Crippen molar-refractivity contribution >= 4 is 40.7 Å². The van der Waals surface area contributed by atoms with Gasteiger partial charge in [0, 0.05) is 5.25 Å². The zero-order chi connectivity index (χ0) is 14.5. The molecule has 3 nitrogen and oxygen atoms in total. The number of methoxy groups -OCH3 is 1. The SMILES string of the molecule is CCC(Sc1nc(Cl)c(C(=O)OC)s1)c1ccccc1. The van der Waals surface area contributed by atoms with Crippen LogP contribution >= 0.6 is 34.7 Å². The fourth-order valence-electron chi connectivity index (χ4n) is 1.73. The van der Waals surface area contributed by atoms with Crippen LogP contribution in [0.25, 0.3) is 0 Å². The molecule has 0 fully saturated rings. The second-order valence-corrected chi connectivity index (χ2v) is 6.82. The van der Waals surface area contributed by atoms with Crippen molar-refractivity contribution in [3.8, 4) is 0 Å². The lowest BCUT2D eigenvalue weighted by Crippen LogP contribution is -1.98. The molecule has 0 amide bonds. The zero-order valence-corrected chi connectivity index (χ0v) is 13.5. The minimum absolute atomic E-state index is 0.215. The van der Waals surface area contributed by atoms with Crippen LogP contribution in [0.3, 0.4) is 0 Å². The molecule has 1 aromatic carbocycles. The normalized spacial score (nSPS) is 12.2. The van der Waals surface area contributed by atoms with E-state index in [1.165, 1.54) is 24.0 Å². The Hall–Kier alpha value is -1.04. The van der Waals surface area contributed by atoms with E-state index in [4.69, 9.17) is 11.6 Å². The van der Waals surface area contributed by atoms with Crippen molar-refractivity contribution in [1.29, 1.82) is 0 Å². The Labute approximate surface area is 131 Å². The number of ether oxygens (including phenoxy) is 1. The van der Waals surface area contributed by atoms with Crippen molar-refractivity contribution in [3.05, 3.63) is 45.9 Å². The van der Waals surface area contributed by atoms with E-state index in [1.54, 1.807) is 11.8 Å². The number of halogens is 1. The Kier molecular flexibility index (Phi) is 5.46. The molecule has 106 valence electrons. The van der Waals surface area contributed by atoms with Crippen LogP contribution in [-0.2, 0) is 4.74 Å². The second-order valence-electron chi connectivity index (χ2n) is 4.02. The van der Waals surface area contributed by atoms with Crippen LogP contribution in [0.2, 0.25) is 5.15 Å². The number of thiazole rings is 1. The Morgan fingerprint density at radius 3 is 2.75 bits per heavy atom. The minimum atomic E-state index is -0.438. The third-order valence-electron chi connectivity index (χ3n) is 2.72. The molecule has 1 heterocycles. The summed E-state index contributed by atoms with van der Waals surface area (Å²) in [6.07, 6.45) is 0.972. The number of esters is 1. The van der Waals surface area contributed by atoms with Crippen LogP contribution in [-0.4, -0.2) is 18.1 Å². The highest BCUT2D eigenvalue weighted by Crippen LogP contribution is 2.41. The van der Waals surface area contributed by atoms with Gasteiger partial charge in [0.2, 0.25) is 0 Å². The van der Waals surface area contributed by atoms with Crippen molar-refractivity contribution < 1.29 is 9.53 Å². The molecule has 2 aromatic rings. The first-order valence-electron chi connectivity index (χ1n) is 6.12. The summed E-state index contributed by atoms with van der Waals surface area (Å²) in [6, 6.07) is 10.2. The predicted molar refractivity (Wildman–Crippen MR) is 83.8 cm³/mol. The van der Waals surface area contributed by atoms with E-state index in [9.17, 15) is 4.79 Å². The van der Waals surface area contributed by atoms with Gasteiger partial charge in [-0.1, -0.05) is 72.0 Å². The van der Waals surface area contributed by atoms with E-state index in [2.05, 4.69) is 28.8 Å². The standard InChI is InChI=1S/C14H14ClNO2S2/c1-3-10(9-7-5-4-6-8-9)19-14-16-12(15)11(20-14)13(17)18-2/h4-8,10H,3H2,1-2H3. The lowest BCUT2D eigenvalue weighted by Gasteiger charge is -2.12. The van der Waals surface area contributed by atoms with E-state index >= 15 is 0 Å². The van der Waals surface area contributed by atoms with Gasteiger partial charge in [0.15, 0.2) is 14.4 Å². The molecule has 0 bridgehead atoms. The van der Waals surface area contributed by atoms with Gasteiger partial charge in [0.05, 0.1) is 7.11 Å². The van der Waals surface area contributed by atoms with E-state index in [1.807, 2.05) is 18.2 Å². The van der Waals surface area contributed by atoms with Gasteiger partial charge in [-0.05, 0) is 12.0 Å². The summed E-state index contributed by atoms with van der Waals surface area (Å²) in [6.45, 7) is 2.13. The van der Waals surface area contributed by atoms with Crippen molar-refractivity contribution in [1.82, 2.24) is 4.98 Å². The number of rotatable bonds is 5. The van der Waals surface area contributed by atoms with Gasteiger partial charge in [-0.25, -0.2) is 9.78 Å². The lowest BCUT2D eigenvalue weighted by molar-refractivity contribution is 0.0606. The molecule has 20 heavy (non-hydrogen) atoms. The van der Waals surface area contributed by atoms with Gasteiger partial charge < -0.3 is 4.74 Å².